The Balaban J connectivity index is 3.33. The van der Waals surface area contributed by atoms with Gasteiger partial charge in [0, 0.05) is 24.5 Å². The van der Waals surface area contributed by atoms with Crippen LogP contribution in [-0.2, 0) is 9.59 Å². The highest BCUT2D eigenvalue weighted by Gasteiger charge is 2.02. The molecule has 4 N–H and O–H groups in total. The van der Waals surface area contributed by atoms with Gasteiger partial charge in [0.2, 0.25) is 11.8 Å². The lowest BCUT2D eigenvalue weighted by molar-refractivity contribution is -0.120. The summed E-state index contributed by atoms with van der Waals surface area (Å²) in [5, 5.41) is 19.9. The van der Waals surface area contributed by atoms with Crippen LogP contribution in [0.3, 0.4) is 0 Å². The van der Waals surface area contributed by atoms with E-state index in [0.717, 1.165) is 25.7 Å². The lowest BCUT2D eigenvalue weighted by Gasteiger charge is -2.06. The van der Waals surface area contributed by atoms with Gasteiger partial charge in [-0.3, -0.25) is 9.59 Å². The zero-order valence-corrected chi connectivity index (χ0v) is 12.5. The van der Waals surface area contributed by atoms with E-state index in [-0.39, 0.29) is 24.7 Å². The fourth-order valence-electron chi connectivity index (χ4n) is 1.67. The van der Waals surface area contributed by atoms with Crippen molar-refractivity contribution in [3.05, 3.63) is 0 Å². The van der Waals surface area contributed by atoms with Crippen LogP contribution in [0.15, 0.2) is 0 Å². The maximum atomic E-state index is 11.2. The van der Waals surface area contributed by atoms with E-state index in [1.807, 2.05) is 0 Å². The second kappa shape index (κ2) is 11.1. The molecule has 0 aliphatic rings. The molecule has 0 radical (unpaired) electrons. The van der Waals surface area contributed by atoms with E-state index in [1.165, 1.54) is 0 Å². The van der Waals surface area contributed by atoms with E-state index >= 15 is 0 Å². The Morgan fingerprint density at radius 2 is 1.10 bits per heavy atom. The number of amides is 2. The number of unbranched alkanes of at least 4 members (excludes halogenated alkanes) is 3. The van der Waals surface area contributed by atoms with Crippen LogP contribution in [0.2, 0.25) is 0 Å². The first-order valence-corrected chi connectivity index (χ1v) is 7.03. The normalized spacial score (nSPS) is 9.90. The zero-order chi connectivity index (χ0) is 15.4. The van der Waals surface area contributed by atoms with E-state index in [9.17, 15) is 9.59 Å². The summed E-state index contributed by atoms with van der Waals surface area (Å²) < 4.78 is 0. The highest BCUT2D eigenvalue weighted by molar-refractivity contribution is 5.98. The summed E-state index contributed by atoms with van der Waals surface area (Å²) in [6, 6.07) is 0. The van der Waals surface area contributed by atoms with Crippen LogP contribution in [0, 0.1) is 10.8 Å². The lowest BCUT2D eigenvalue weighted by Crippen LogP contribution is -2.26. The molecule has 0 saturated heterocycles. The van der Waals surface area contributed by atoms with Crippen molar-refractivity contribution in [1.82, 2.24) is 10.6 Å². The van der Waals surface area contributed by atoms with Gasteiger partial charge in [-0.25, -0.2) is 0 Å². The minimum absolute atomic E-state index is 0.0909. The Bertz CT molecular complexity index is 319. The minimum Gasteiger partial charge on any atom is -0.356 e. The molecule has 0 aromatic heterocycles. The zero-order valence-electron chi connectivity index (χ0n) is 12.5. The van der Waals surface area contributed by atoms with Gasteiger partial charge in [-0.15, -0.1) is 0 Å². The monoisotopic (exact) mass is 282 g/mol. The van der Waals surface area contributed by atoms with Gasteiger partial charge in [0.05, 0.1) is 12.8 Å². The number of hydrogen-bond acceptors (Lipinski definition) is 4. The highest BCUT2D eigenvalue weighted by Crippen LogP contribution is 1.98. The average Bonchev–Trinajstić information content (AvgIpc) is 2.30. The molecular formula is C14H26N4O2. The van der Waals surface area contributed by atoms with Gasteiger partial charge in [-0.2, -0.15) is 0 Å². The summed E-state index contributed by atoms with van der Waals surface area (Å²) in [5.41, 5.74) is 0.747. The first-order valence-electron chi connectivity index (χ1n) is 7.03. The summed E-state index contributed by atoms with van der Waals surface area (Å²) >= 11 is 0. The largest absolute Gasteiger partial charge is 0.356 e. The molecule has 6 heteroatoms. The highest BCUT2D eigenvalue weighted by atomic mass is 16.2. The number of carbonyl (C=O) groups is 2. The molecule has 0 aliphatic carbocycles. The molecule has 114 valence electrons. The van der Waals surface area contributed by atoms with E-state index in [0.29, 0.717) is 24.5 Å². The maximum Gasteiger partial charge on any atom is 0.225 e. The van der Waals surface area contributed by atoms with Gasteiger partial charge in [-0.1, -0.05) is 12.8 Å². The summed E-state index contributed by atoms with van der Waals surface area (Å²) in [7, 11) is 0. The third kappa shape index (κ3) is 12.7. The van der Waals surface area contributed by atoms with Crippen molar-refractivity contribution < 1.29 is 9.59 Å². The van der Waals surface area contributed by atoms with Gasteiger partial charge in [0.1, 0.15) is 0 Å². The van der Waals surface area contributed by atoms with Crippen molar-refractivity contribution in [3.63, 3.8) is 0 Å². The Hall–Kier alpha value is -1.72. The molecule has 0 aromatic carbocycles. The lowest BCUT2D eigenvalue weighted by atomic mass is 10.2. The van der Waals surface area contributed by atoms with E-state index in [1.54, 1.807) is 13.8 Å². The van der Waals surface area contributed by atoms with Crippen molar-refractivity contribution in [2.24, 2.45) is 0 Å². The molecule has 2 amide bonds. The Labute approximate surface area is 120 Å². The Kier molecular flexibility index (Phi) is 10.2. The first kappa shape index (κ1) is 18.3. The quantitative estimate of drug-likeness (QED) is 0.341. The fourth-order valence-corrected chi connectivity index (χ4v) is 1.67. The van der Waals surface area contributed by atoms with E-state index in [2.05, 4.69) is 10.6 Å². The number of nitrogens with one attached hydrogen (secondary N) is 4. The second-order valence-corrected chi connectivity index (χ2v) is 5.03. The SMILES string of the molecule is CC(=N)CC(=O)NCCCCCCNC(=O)CC(C)=N. The third-order valence-electron chi connectivity index (χ3n) is 2.60. The molecule has 0 unspecified atom stereocenters. The van der Waals surface area contributed by atoms with Crippen LogP contribution >= 0.6 is 0 Å². The van der Waals surface area contributed by atoms with E-state index < -0.39 is 0 Å². The summed E-state index contributed by atoms with van der Waals surface area (Å²) in [4.78, 5) is 22.5. The molecule has 0 atom stereocenters. The number of carbonyl (C=O) groups excluding carboxylic acids is 2. The summed E-state index contributed by atoms with van der Waals surface area (Å²) in [6.45, 7) is 4.53. The van der Waals surface area contributed by atoms with Crippen LogP contribution in [-0.4, -0.2) is 36.3 Å². The van der Waals surface area contributed by atoms with Gasteiger partial charge in [-0.05, 0) is 26.7 Å². The molecule has 0 fully saturated rings. The number of hydrogen-bond donors (Lipinski definition) is 4. The van der Waals surface area contributed by atoms with Gasteiger partial charge in [0.25, 0.3) is 0 Å². The molecule has 20 heavy (non-hydrogen) atoms. The molecule has 0 aromatic rings. The summed E-state index contributed by atoms with van der Waals surface area (Å²) in [6.07, 6.45) is 4.19. The molecule has 6 nitrogen and oxygen atoms in total. The van der Waals surface area contributed by atoms with Crippen LogP contribution < -0.4 is 10.6 Å². The van der Waals surface area contributed by atoms with Crippen LogP contribution in [0.25, 0.3) is 0 Å². The number of rotatable bonds is 11. The molecule has 0 rings (SSSR count). The maximum absolute atomic E-state index is 11.2. The third-order valence-corrected chi connectivity index (χ3v) is 2.60. The standard InChI is InChI=1S/C14H26N4O2/c1-11(15)9-13(19)17-7-5-3-4-6-8-18-14(20)10-12(2)16/h15-16H,3-10H2,1-2H3,(H,17,19)(H,18,20). The van der Waals surface area contributed by atoms with Gasteiger partial charge >= 0.3 is 0 Å². The van der Waals surface area contributed by atoms with Gasteiger partial charge in [0.15, 0.2) is 0 Å². The predicted octanol–water partition coefficient (Wildman–Crippen LogP) is 1.64. The average molecular weight is 282 g/mol. The van der Waals surface area contributed by atoms with Gasteiger partial charge < -0.3 is 21.5 Å². The fraction of sp³-hybridized carbons (Fsp3) is 0.714. The van der Waals surface area contributed by atoms with Crippen molar-refractivity contribution >= 4 is 23.2 Å². The van der Waals surface area contributed by atoms with Crippen molar-refractivity contribution in [1.29, 1.82) is 10.8 Å². The Morgan fingerprint density at radius 1 is 0.750 bits per heavy atom. The molecule has 0 bridgehead atoms. The smallest absolute Gasteiger partial charge is 0.225 e. The van der Waals surface area contributed by atoms with Crippen LogP contribution in [0.1, 0.15) is 52.4 Å². The summed E-state index contributed by atoms with van der Waals surface area (Å²) in [5.74, 6) is -0.182. The van der Waals surface area contributed by atoms with E-state index in [4.69, 9.17) is 10.8 Å². The predicted molar refractivity (Wildman–Crippen MR) is 80.5 cm³/mol. The van der Waals surface area contributed by atoms with Crippen LogP contribution in [0.5, 0.6) is 0 Å². The minimum atomic E-state index is -0.0909. The Morgan fingerprint density at radius 3 is 1.40 bits per heavy atom. The molecule has 0 aliphatic heterocycles. The molecule has 0 heterocycles. The molecule has 0 saturated carbocycles. The van der Waals surface area contributed by atoms with Crippen molar-refractivity contribution in [2.75, 3.05) is 13.1 Å². The van der Waals surface area contributed by atoms with Crippen molar-refractivity contribution in [2.45, 2.75) is 52.4 Å². The molecular weight excluding hydrogens is 256 g/mol. The van der Waals surface area contributed by atoms with Crippen LogP contribution in [0.4, 0.5) is 0 Å². The molecule has 0 spiro atoms. The topological polar surface area (TPSA) is 106 Å². The second-order valence-electron chi connectivity index (χ2n) is 5.03. The van der Waals surface area contributed by atoms with Crippen molar-refractivity contribution in [3.8, 4) is 0 Å². The first-order chi connectivity index (χ1) is 9.41.